The number of benzene rings is 3. The zero-order chi connectivity index (χ0) is 19.8. The minimum atomic E-state index is -1.32. The summed E-state index contributed by atoms with van der Waals surface area (Å²) in [5.41, 5.74) is 2.94. The highest BCUT2D eigenvalue weighted by molar-refractivity contribution is 5.97. The number of carbonyl (C=O) groups is 2. The summed E-state index contributed by atoms with van der Waals surface area (Å²) >= 11 is 0. The first-order valence-electron chi connectivity index (χ1n) is 8.64. The molecule has 0 spiro atoms. The van der Waals surface area contributed by atoms with Gasteiger partial charge in [-0.05, 0) is 34.4 Å². The van der Waals surface area contributed by atoms with E-state index in [1.165, 1.54) is 0 Å². The first-order valence-corrected chi connectivity index (χ1v) is 8.64. The highest BCUT2D eigenvalue weighted by Gasteiger charge is 2.39. The van der Waals surface area contributed by atoms with Crippen LogP contribution in [0.2, 0.25) is 0 Å². The molecule has 1 atom stereocenters. The van der Waals surface area contributed by atoms with Crippen molar-refractivity contribution in [2.45, 2.75) is 12.0 Å². The van der Waals surface area contributed by atoms with Gasteiger partial charge in [0.05, 0.1) is 5.56 Å². The van der Waals surface area contributed by atoms with Gasteiger partial charge in [-0.25, -0.2) is 13.6 Å². The predicted octanol–water partition coefficient (Wildman–Crippen LogP) is 3.96. The maximum Gasteiger partial charge on any atom is 0.327 e. The molecule has 4 nitrogen and oxygen atoms in total. The summed E-state index contributed by atoms with van der Waals surface area (Å²) in [6, 6.07) is 16.0. The summed E-state index contributed by atoms with van der Waals surface area (Å²) in [6.45, 7) is 0. The Hall–Kier alpha value is -3.54. The van der Waals surface area contributed by atoms with Crippen LogP contribution in [0, 0.1) is 11.6 Å². The zero-order valence-electron chi connectivity index (χ0n) is 14.5. The summed E-state index contributed by atoms with van der Waals surface area (Å²) in [5.74, 6) is -4.65. The first kappa shape index (κ1) is 17.9. The van der Waals surface area contributed by atoms with Gasteiger partial charge in [-0.15, -0.1) is 0 Å². The highest BCUT2D eigenvalue weighted by atomic mass is 19.1. The molecule has 3 aromatic rings. The van der Waals surface area contributed by atoms with E-state index in [0.717, 1.165) is 34.4 Å². The van der Waals surface area contributed by atoms with Gasteiger partial charge < -0.3 is 10.4 Å². The molecule has 0 saturated carbocycles. The molecule has 0 saturated heterocycles. The van der Waals surface area contributed by atoms with Crippen molar-refractivity contribution >= 4 is 11.9 Å². The molecule has 0 heterocycles. The smallest absolute Gasteiger partial charge is 0.327 e. The number of hydrogen-bond donors (Lipinski definition) is 2. The van der Waals surface area contributed by atoms with E-state index in [1.807, 2.05) is 36.4 Å². The second kappa shape index (κ2) is 6.88. The van der Waals surface area contributed by atoms with Crippen LogP contribution < -0.4 is 5.32 Å². The number of carbonyl (C=O) groups excluding carboxylic acids is 1. The van der Waals surface area contributed by atoms with Gasteiger partial charge in [0.2, 0.25) is 0 Å². The SMILES string of the molecule is O=C(N[C@H](C(=O)O)C1c2ccccc2-c2ccccc21)c1ccc(F)cc1F. The van der Waals surface area contributed by atoms with Crippen LogP contribution in [0.3, 0.4) is 0 Å². The van der Waals surface area contributed by atoms with Crippen molar-refractivity contribution in [3.63, 3.8) is 0 Å². The molecule has 0 aromatic heterocycles. The Bertz CT molecular complexity index is 1050. The predicted molar refractivity (Wildman–Crippen MR) is 99.0 cm³/mol. The molecular weight excluding hydrogens is 364 g/mol. The lowest BCUT2D eigenvalue weighted by Gasteiger charge is -2.23. The standard InChI is InChI=1S/C22H15F2NO3/c23-12-9-10-17(18(24)11-12)21(26)25-20(22(27)28)19-15-7-3-1-5-13(15)14-6-2-4-8-16(14)19/h1-11,19-20H,(H,25,26)(H,27,28)/t20-/m0/s1. The van der Waals surface area contributed by atoms with Crippen LogP contribution in [0.25, 0.3) is 11.1 Å². The molecule has 0 unspecified atom stereocenters. The Morgan fingerprint density at radius 2 is 1.46 bits per heavy atom. The molecule has 0 radical (unpaired) electrons. The number of carboxylic acid groups (broad SMARTS) is 1. The Morgan fingerprint density at radius 3 is 2.00 bits per heavy atom. The molecule has 28 heavy (non-hydrogen) atoms. The first-order chi connectivity index (χ1) is 13.5. The molecule has 4 rings (SSSR count). The van der Waals surface area contributed by atoms with Crippen molar-refractivity contribution in [1.82, 2.24) is 5.32 Å². The Kier molecular flexibility index (Phi) is 4.39. The van der Waals surface area contributed by atoms with Crippen LogP contribution in [0.5, 0.6) is 0 Å². The topological polar surface area (TPSA) is 66.4 Å². The van der Waals surface area contributed by atoms with Gasteiger partial charge in [0.25, 0.3) is 5.91 Å². The maximum absolute atomic E-state index is 14.0. The van der Waals surface area contributed by atoms with Crippen molar-refractivity contribution in [2.75, 3.05) is 0 Å². The fraction of sp³-hybridized carbons (Fsp3) is 0.0909. The molecule has 0 bridgehead atoms. The monoisotopic (exact) mass is 379 g/mol. The molecule has 0 aliphatic heterocycles. The van der Waals surface area contributed by atoms with E-state index in [-0.39, 0.29) is 0 Å². The number of rotatable bonds is 4. The van der Waals surface area contributed by atoms with Crippen molar-refractivity contribution in [3.8, 4) is 11.1 Å². The largest absolute Gasteiger partial charge is 0.480 e. The summed E-state index contributed by atoms with van der Waals surface area (Å²) < 4.78 is 27.1. The Morgan fingerprint density at radius 1 is 0.893 bits per heavy atom. The van der Waals surface area contributed by atoms with Gasteiger partial charge in [0.15, 0.2) is 0 Å². The van der Waals surface area contributed by atoms with Crippen LogP contribution in [0.15, 0.2) is 66.7 Å². The number of nitrogens with one attached hydrogen (secondary N) is 1. The van der Waals surface area contributed by atoms with Gasteiger partial charge >= 0.3 is 5.97 Å². The van der Waals surface area contributed by atoms with Crippen LogP contribution in [0.4, 0.5) is 8.78 Å². The Balaban J connectivity index is 1.75. The van der Waals surface area contributed by atoms with E-state index in [0.29, 0.717) is 6.07 Å². The quantitative estimate of drug-likeness (QED) is 0.721. The molecule has 6 heteroatoms. The van der Waals surface area contributed by atoms with Gasteiger partial charge in [-0.1, -0.05) is 48.5 Å². The van der Waals surface area contributed by atoms with E-state index < -0.39 is 41.0 Å². The fourth-order valence-corrected chi connectivity index (χ4v) is 3.73. The summed E-state index contributed by atoms with van der Waals surface area (Å²) in [6.07, 6.45) is 0. The third-order valence-corrected chi connectivity index (χ3v) is 4.94. The zero-order valence-corrected chi connectivity index (χ0v) is 14.5. The van der Waals surface area contributed by atoms with Crippen molar-refractivity contribution < 1.29 is 23.5 Å². The second-order valence-corrected chi connectivity index (χ2v) is 6.57. The van der Waals surface area contributed by atoms with Crippen LogP contribution in [0.1, 0.15) is 27.4 Å². The molecule has 1 aliphatic carbocycles. The molecule has 0 fully saturated rings. The molecule has 1 amide bonds. The third kappa shape index (κ3) is 2.93. The van der Waals surface area contributed by atoms with E-state index in [2.05, 4.69) is 5.32 Å². The van der Waals surface area contributed by atoms with Gasteiger partial charge in [-0.3, -0.25) is 4.79 Å². The van der Waals surface area contributed by atoms with Gasteiger partial charge in [0, 0.05) is 12.0 Å². The van der Waals surface area contributed by atoms with Crippen LogP contribution in [-0.2, 0) is 4.79 Å². The lowest BCUT2D eigenvalue weighted by atomic mass is 9.89. The third-order valence-electron chi connectivity index (χ3n) is 4.94. The van der Waals surface area contributed by atoms with Crippen LogP contribution >= 0.6 is 0 Å². The number of fused-ring (bicyclic) bond motifs is 3. The molecule has 140 valence electrons. The average Bonchev–Trinajstić information content (AvgIpc) is 3.00. The lowest BCUT2D eigenvalue weighted by molar-refractivity contribution is -0.139. The highest BCUT2D eigenvalue weighted by Crippen LogP contribution is 2.46. The molecule has 1 aliphatic rings. The minimum Gasteiger partial charge on any atom is -0.480 e. The van der Waals surface area contributed by atoms with E-state index in [4.69, 9.17) is 0 Å². The fourth-order valence-electron chi connectivity index (χ4n) is 3.73. The summed E-state index contributed by atoms with van der Waals surface area (Å²) in [5, 5.41) is 12.2. The second-order valence-electron chi connectivity index (χ2n) is 6.57. The number of carboxylic acids is 1. The number of aliphatic carboxylic acids is 1. The van der Waals surface area contributed by atoms with Crippen molar-refractivity contribution in [3.05, 3.63) is 95.1 Å². The number of halogens is 2. The lowest BCUT2D eigenvalue weighted by Crippen LogP contribution is -2.45. The average molecular weight is 379 g/mol. The van der Waals surface area contributed by atoms with E-state index in [1.54, 1.807) is 12.1 Å². The number of hydrogen-bond acceptors (Lipinski definition) is 2. The number of amides is 1. The van der Waals surface area contributed by atoms with Crippen molar-refractivity contribution in [1.29, 1.82) is 0 Å². The summed E-state index contributed by atoms with van der Waals surface area (Å²) in [4.78, 5) is 24.6. The molecule has 3 aromatic carbocycles. The summed E-state index contributed by atoms with van der Waals surface area (Å²) in [7, 11) is 0. The minimum absolute atomic E-state index is 0.410. The normalized spacial score (nSPS) is 13.5. The van der Waals surface area contributed by atoms with E-state index in [9.17, 15) is 23.5 Å². The van der Waals surface area contributed by atoms with E-state index >= 15 is 0 Å². The molecule has 2 N–H and O–H groups in total. The maximum atomic E-state index is 14.0. The van der Waals surface area contributed by atoms with Gasteiger partial charge in [0.1, 0.15) is 17.7 Å². The van der Waals surface area contributed by atoms with Crippen LogP contribution in [-0.4, -0.2) is 23.0 Å². The van der Waals surface area contributed by atoms with Crippen molar-refractivity contribution in [2.24, 2.45) is 0 Å². The Labute approximate surface area is 159 Å². The molecular formula is C22H15F2NO3. The van der Waals surface area contributed by atoms with Gasteiger partial charge in [-0.2, -0.15) is 0 Å².